The number of aromatic nitrogens is 2. The first-order valence-electron chi connectivity index (χ1n) is 9.26. The SMILES string of the molecule is N#Cc1ccc(OCC(=O)N2CCN(c3ccc(-c4cccs4)nn3)CC2)cc1. The standard InChI is InChI=1S/C21H19N5O2S/c22-14-16-3-5-17(6-4-16)28-15-21(27)26-11-9-25(10-12-26)20-8-7-18(23-24-20)19-2-1-13-29-19/h1-8,13H,9-12,15H2. The molecule has 0 unspecified atom stereocenters. The van der Waals surface area contributed by atoms with Gasteiger partial charge in [-0.05, 0) is 47.8 Å². The van der Waals surface area contributed by atoms with E-state index in [0.29, 0.717) is 37.5 Å². The number of rotatable bonds is 5. The van der Waals surface area contributed by atoms with Crippen LogP contribution in [0.2, 0.25) is 0 Å². The third-order valence-corrected chi connectivity index (χ3v) is 5.62. The van der Waals surface area contributed by atoms with Crippen LogP contribution in [0.1, 0.15) is 5.56 Å². The number of carbonyl (C=O) groups excluding carboxylic acids is 1. The van der Waals surface area contributed by atoms with Crippen LogP contribution in [0.4, 0.5) is 5.82 Å². The van der Waals surface area contributed by atoms with E-state index in [1.54, 1.807) is 40.5 Å². The van der Waals surface area contributed by atoms with Crippen molar-refractivity contribution in [1.29, 1.82) is 5.26 Å². The number of thiophene rings is 1. The zero-order valence-corrected chi connectivity index (χ0v) is 16.5. The molecule has 3 heterocycles. The molecule has 7 nitrogen and oxygen atoms in total. The molecule has 4 rings (SSSR count). The topological polar surface area (TPSA) is 82.4 Å². The van der Waals surface area contributed by atoms with Crippen LogP contribution in [0.25, 0.3) is 10.6 Å². The Morgan fingerprint density at radius 2 is 1.86 bits per heavy atom. The van der Waals surface area contributed by atoms with Crippen molar-refractivity contribution < 1.29 is 9.53 Å². The van der Waals surface area contributed by atoms with E-state index < -0.39 is 0 Å². The van der Waals surface area contributed by atoms with Crippen LogP contribution < -0.4 is 9.64 Å². The molecular formula is C21H19N5O2S. The molecule has 0 atom stereocenters. The first kappa shape index (κ1) is 18.9. The number of amides is 1. The summed E-state index contributed by atoms with van der Waals surface area (Å²) in [5, 5.41) is 19.5. The van der Waals surface area contributed by atoms with E-state index in [1.165, 1.54) is 0 Å². The van der Waals surface area contributed by atoms with E-state index in [0.717, 1.165) is 16.4 Å². The normalized spacial score (nSPS) is 13.8. The fourth-order valence-corrected chi connectivity index (χ4v) is 3.79. The van der Waals surface area contributed by atoms with Crippen LogP contribution in [0.15, 0.2) is 53.9 Å². The molecule has 1 aromatic carbocycles. The molecule has 0 spiro atoms. The van der Waals surface area contributed by atoms with Gasteiger partial charge in [-0.3, -0.25) is 4.79 Å². The second-order valence-electron chi connectivity index (χ2n) is 6.55. The zero-order valence-electron chi connectivity index (χ0n) is 15.7. The fourth-order valence-electron chi connectivity index (χ4n) is 3.10. The van der Waals surface area contributed by atoms with Crippen molar-refractivity contribution in [1.82, 2.24) is 15.1 Å². The minimum absolute atomic E-state index is 0.0127. The molecule has 0 saturated carbocycles. The Labute approximate surface area is 172 Å². The predicted octanol–water partition coefficient (Wildman–Crippen LogP) is 2.80. The molecule has 146 valence electrons. The maximum Gasteiger partial charge on any atom is 0.260 e. The van der Waals surface area contributed by atoms with Crippen LogP contribution in [-0.2, 0) is 4.79 Å². The second-order valence-corrected chi connectivity index (χ2v) is 7.49. The molecule has 1 saturated heterocycles. The van der Waals surface area contributed by atoms with Gasteiger partial charge >= 0.3 is 0 Å². The van der Waals surface area contributed by atoms with E-state index >= 15 is 0 Å². The molecule has 1 amide bonds. The summed E-state index contributed by atoms with van der Waals surface area (Å²) in [4.78, 5) is 17.5. The molecule has 1 aliphatic rings. The van der Waals surface area contributed by atoms with Gasteiger partial charge in [0.25, 0.3) is 5.91 Å². The summed E-state index contributed by atoms with van der Waals surface area (Å²) >= 11 is 1.64. The van der Waals surface area contributed by atoms with E-state index in [1.807, 2.05) is 29.6 Å². The molecule has 0 bridgehead atoms. The van der Waals surface area contributed by atoms with Gasteiger partial charge in [0.05, 0.1) is 16.5 Å². The van der Waals surface area contributed by atoms with Gasteiger partial charge < -0.3 is 14.5 Å². The number of ether oxygens (including phenoxy) is 1. The van der Waals surface area contributed by atoms with Gasteiger partial charge in [-0.15, -0.1) is 21.5 Å². The predicted molar refractivity (Wildman–Crippen MR) is 111 cm³/mol. The quantitative estimate of drug-likeness (QED) is 0.649. The Morgan fingerprint density at radius 1 is 1.07 bits per heavy atom. The van der Waals surface area contributed by atoms with Crippen LogP contribution in [0, 0.1) is 11.3 Å². The minimum atomic E-state index is -0.0480. The minimum Gasteiger partial charge on any atom is -0.484 e. The number of anilines is 1. The van der Waals surface area contributed by atoms with Crippen LogP contribution >= 0.6 is 11.3 Å². The van der Waals surface area contributed by atoms with Gasteiger partial charge in [0, 0.05) is 26.2 Å². The van der Waals surface area contributed by atoms with Crippen LogP contribution in [0.3, 0.4) is 0 Å². The first-order valence-corrected chi connectivity index (χ1v) is 10.1. The van der Waals surface area contributed by atoms with Crippen molar-refractivity contribution >= 4 is 23.1 Å². The largest absolute Gasteiger partial charge is 0.484 e. The highest BCUT2D eigenvalue weighted by molar-refractivity contribution is 7.13. The highest BCUT2D eigenvalue weighted by Gasteiger charge is 2.22. The summed E-state index contributed by atoms with van der Waals surface area (Å²) in [6.07, 6.45) is 0. The van der Waals surface area contributed by atoms with E-state index in [2.05, 4.69) is 21.2 Å². The summed E-state index contributed by atoms with van der Waals surface area (Å²) in [5.41, 5.74) is 1.43. The molecule has 0 radical (unpaired) electrons. The summed E-state index contributed by atoms with van der Waals surface area (Å²) in [6.45, 7) is 2.63. The van der Waals surface area contributed by atoms with Crippen molar-refractivity contribution in [3.63, 3.8) is 0 Å². The molecule has 1 fully saturated rings. The average molecular weight is 405 g/mol. The second kappa shape index (κ2) is 8.71. The Hall–Kier alpha value is -3.44. The van der Waals surface area contributed by atoms with E-state index in [-0.39, 0.29) is 12.5 Å². The first-order chi connectivity index (χ1) is 14.2. The van der Waals surface area contributed by atoms with Crippen molar-refractivity contribution in [2.24, 2.45) is 0 Å². The number of benzene rings is 1. The number of piperazine rings is 1. The van der Waals surface area contributed by atoms with Gasteiger partial charge in [-0.2, -0.15) is 5.26 Å². The molecule has 3 aromatic rings. The van der Waals surface area contributed by atoms with Gasteiger partial charge in [0.2, 0.25) is 0 Å². The Bertz CT molecular complexity index is 989. The number of carbonyl (C=O) groups is 1. The van der Waals surface area contributed by atoms with Gasteiger partial charge in [-0.1, -0.05) is 6.07 Å². The number of nitriles is 1. The monoisotopic (exact) mass is 405 g/mol. The molecule has 1 aliphatic heterocycles. The van der Waals surface area contributed by atoms with Crippen molar-refractivity contribution in [2.75, 3.05) is 37.7 Å². The highest BCUT2D eigenvalue weighted by Crippen LogP contribution is 2.23. The van der Waals surface area contributed by atoms with Crippen molar-refractivity contribution in [3.8, 4) is 22.4 Å². The highest BCUT2D eigenvalue weighted by atomic mass is 32.1. The fraction of sp³-hybridized carbons (Fsp3) is 0.238. The molecule has 2 aromatic heterocycles. The lowest BCUT2D eigenvalue weighted by Gasteiger charge is -2.35. The number of hydrogen-bond donors (Lipinski definition) is 0. The Morgan fingerprint density at radius 3 is 2.48 bits per heavy atom. The van der Waals surface area contributed by atoms with Crippen LogP contribution in [-0.4, -0.2) is 53.8 Å². The summed E-state index contributed by atoms with van der Waals surface area (Å²) in [6, 6.07) is 16.8. The van der Waals surface area contributed by atoms with Gasteiger partial charge in [-0.25, -0.2) is 0 Å². The lowest BCUT2D eigenvalue weighted by Crippen LogP contribution is -2.50. The molecule has 29 heavy (non-hydrogen) atoms. The lowest BCUT2D eigenvalue weighted by atomic mass is 10.2. The molecular weight excluding hydrogens is 386 g/mol. The maximum absolute atomic E-state index is 12.4. The third-order valence-electron chi connectivity index (χ3n) is 4.73. The zero-order chi connectivity index (χ0) is 20.1. The third kappa shape index (κ3) is 4.52. The summed E-state index contributed by atoms with van der Waals surface area (Å²) in [5.74, 6) is 1.36. The van der Waals surface area contributed by atoms with Gasteiger partial charge in [0.1, 0.15) is 11.4 Å². The smallest absolute Gasteiger partial charge is 0.260 e. The molecule has 8 heteroatoms. The molecule has 0 aliphatic carbocycles. The van der Waals surface area contributed by atoms with Crippen molar-refractivity contribution in [2.45, 2.75) is 0 Å². The Balaban J connectivity index is 1.27. The van der Waals surface area contributed by atoms with E-state index in [4.69, 9.17) is 10.00 Å². The van der Waals surface area contributed by atoms with Crippen molar-refractivity contribution in [3.05, 3.63) is 59.5 Å². The summed E-state index contributed by atoms with van der Waals surface area (Å²) < 4.78 is 5.54. The number of nitrogens with zero attached hydrogens (tertiary/aromatic N) is 5. The summed E-state index contributed by atoms with van der Waals surface area (Å²) in [7, 11) is 0. The maximum atomic E-state index is 12.4. The average Bonchev–Trinajstić information content (AvgIpc) is 3.33. The van der Waals surface area contributed by atoms with Gasteiger partial charge in [0.15, 0.2) is 12.4 Å². The van der Waals surface area contributed by atoms with E-state index in [9.17, 15) is 4.79 Å². The molecule has 0 N–H and O–H groups in total. The Kier molecular flexibility index (Phi) is 5.68. The number of hydrogen-bond acceptors (Lipinski definition) is 7. The lowest BCUT2D eigenvalue weighted by molar-refractivity contribution is -0.133. The van der Waals surface area contributed by atoms with Crippen LogP contribution in [0.5, 0.6) is 5.75 Å².